The molecule has 2 saturated heterocycles. The van der Waals surface area contributed by atoms with E-state index in [1.165, 1.54) is 18.4 Å². The first-order chi connectivity index (χ1) is 10.2. The number of nitrogens with one attached hydrogen (secondary N) is 2. The Labute approximate surface area is 126 Å². The van der Waals surface area contributed by atoms with Crippen LogP contribution < -0.4 is 10.6 Å². The molecule has 4 nitrogen and oxygen atoms in total. The van der Waals surface area contributed by atoms with Crippen molar-refractivity contribution in [3.63, 3.8) is 0 Å². The normalized spacial score (nSPS) is 25.3. The Hall–Kier alpha value is -1.55. The summed E-state index contributed by atoms with van der Waals surface area (Å²) in [6.07, 6.45) is 3.62. The second-order valence-electron chi connectivity index (χ2n) is 6.60. The number of piperidine rings is 1. The summed E-state index contributed by atoms with van der Waals surface area (Å²) in [5.74, 6) is 0. The number of benzene rings is 1. The summed E-state index contributed by atoms with van der Waals surface area (Å²) in [4.78, 5) is 14.3. The molecule has 1 aromatic carbocycles. The molecule has 1 spiro atoms. The molecule has 2 fully saturated rings. The van der Waals surface area contributed by atoms with Crippen LogP contribution in [0.15, 0.2) is 24.3 Å². The van der Waals surface area contributed by atoms with Gasteiger partial charge in [0, 0.05) is 31.6 Å². The van der Waals surface area contributed by atoms with Gasteiger partial charge in [-0.2, -0.15) is 0 Å². The van der Waals surface area contributed by atoms with Crippen molar-refractivity contribution in [3.8, 4) is 0 Å². The van der Waals surface area contributed by atoms with Crippen LogP contribution in [0, 0.1) is 12.3 Å². The fourth-order valence-corrected chi connectivity index (χ4v) is 3.60. The molecule has 114 valence electrons. The molecule has 0 aliphatic carbocycles. The lowest BCUT2D eigenvalue weighted by Gasteiger charge is -2.33. The van der Waals surface area contributed by atoms with Gasteiger partial charge in [-0.05, 0) is 38.3 Å². The summed E-state index contributed by atoms with van der Waals surface area (Å²) < 4.78 is 0. The number of hydrogen-bond acceptors (Lipinski definition) is 2. The fourth-order valence-electron chi connectivity index (χ4n) is 3.60. The first-order valence-electron chi connectivity index (χ1n) is 7.96. The lowest BCUT2D eigenvalue weighted by molar-refractivity contribution is 0.185. The standard InChI is InChI=1S/C17H25N3O/c1-14-4-2-5-15(10-14)11-19-16(21)20-9-7-17(13-20)6-3-8-18-12-17/h2,4-5,10,18H,3,6-9,11-13H2,1H3,(H,19,21)/t17-/m1/s1. The number of carbonyl (C=O) groups excluding carboxylic acids is 1. The molecule has 1 atom stereocenters. The first-order valence-corrected chi connectivity index (χ1v) is 7.96. The van der Waals surface area contributed by atoms with Gasteiger partial charge in [-0.1, -0.05) is 29.8 Å². The van der Waals surface area contributed by atoms with Crippen molar-refractivity contribution < 1.29 is 4.79 Å². The summed E-state index contributed by atoms with van der Waals surface area (Å²) in [5.41, 5.74) is 2.73. The van der Waals surface area contributed by atoms with Crippen molar-refractivity contribution in [2.45, 2.75) is 32.7 Å². The van der Waals surface area contributed by atoms with Gasteiger partial charge >= 0.3 is 6.03 Å². The number of carbonyl (C=O) groups is 1. The topological polar surface area (TPSA) is 44.4 Å². The average molecular weight is 287 g/mol. The van der Waals surface area contributed by atoms with Crippen molar-refractivity contribution in [3.05, 3.63) is 35.4 Å². The summed E-state index contributed by atoms with van der Waals surface area (Å²) in [6, 6.07) is 8.38. The van der Waals surface area contributed by atoms with Gasteiger partial charge in [0.2, 0.25) is 0 Å². The van der Waals surface area contributed by atoms with Crippen molar-refractivity contribution in [1.82, 2.24) is 15.5 Å². The fraction of sp³-hybridized carbons (Fsp3) is 0.588. The largest absolute Gasteiger partial charge is 0.334 e. The first kappa shape index (κ1) is 14.4. The number of nitrogens with zero attached hydrogens (tertiary/aromatic N) is 1. The summed E-state index contributed by atoms with van der Waals surface area (Å²) in [6.45, 7) is 6.67. The Kier molecular flexibility index (Phi) is 4.15. The predicted molar refractivity (Wildman–Crippen MR) is 84.1 cm³/mol. The zero-order valence-electron chi connectivity index (χ0n) is 12.8. The van der Waals surface area contributed by atoms with Crippen molar-refractivity contribution in [2.75, 3.05) is 26.2 Å². The van der Waals surface area contributed by atoms with Gasteiger partial charge in [-0.25, -0.2) is 4.79 Å². The Morgan fingerprint density at radius 3 is 3.10 bits per heavy atom. The van der Waals surface area contributed by atoms with E-state index in [4.69, 9.17) is 0 Å². The van der Waals surface area contributed by atoms with Crippen LogP contribution in [0.25, 0.3) is 0 Å². The SMILES string of the molecule is Cc1cccc(CNC(=O)N2CC[C@@]3(CCCNC3)C2)c1. The van der Waals surface area contributed by atoms with E-state index in [1.807, 2.05) is 11.0 Å². The third kappa shape index (κ3) is 3.38. The van der Waals surface area contributed by atoms with Gasteiger partial charge in [0.05, 0.1) is 0 Å². The molecule has 3 rings (SSSR count). The monoisotopic (exact) mass is 287 g/mol. The van der Waals surface area contributed by atoms with Gasteiger partial charge < -0.3 is 15.5 Å². The highest BCUT2D eigenvalue weighted by atomic mass is 16.2. The molecule has 2 amide bonds. The van der Waals surface area contributed by atoms with Crippen LogP contribution in [-0.2, 0) is 6.54 Å². The van der Waals surface area contributed by atoms with Gasteiger partial charge in [0.25, 0.3) is 0 Å². The minimum absolute atomic E-state index is 0.0824. The lowest BCUT2D eigenvalue weighted by Crippen LogP contribution is -2.44. The highest BCUT2D eigenvalue weighted by Crippen LogP contribution is 2.36. The molecule has 1 aromatic rings. The number of urea groups is 1. The molecular weight excluding hydrogens is 262 g/mol. The van der Waals surface area contributed by atoms with Crippen LogP contribution in [0.4, 0.5) is 4.79 Å². The lowest BCUT2D eigenvalue weighted by atomic mass is 9.80. The molecule has 0 aromatic heterocycles. The number of amides is 2. The molecule has 2 aliphatic rings. The van der Waals surface area contributed by atoms with E-state index < -0.39 is 0 Å². The van der Waals surface area contributed by atoms with Crippen LogP contribution in [0.1, 0.15) is 30.4 Å². The molecule has 21 heavy (non-hydrogen) atoms. The quantitative estimate of drug-likeness (QED) is 0.876. The Bertz CT molecular complexity index is 509. The minimum Gasteiger partial charge on any atom is -0.334 e. The van der Waals surface area contributed by atoms with E-state index in [2.05, 4.69) is 35.8 Å². The van der Waals surface area contributed by atoms with Crippen LogP contribution >= 0.6 is 0 Å². The van der Waals surface area contributed by atoms with Crippen molar-refractivity contribution >= 4 is 6.03 Å². The molecule has 0 saturated carbocycles. The molecule has 0 radical (unpaired) electrons. The highest BCUT2D eigenvalue weighted by molar-refractivity contribution is 5.74. The Morgan fingerprint density at radius 1 is 1.43 bits per heavy atom. The maximum atomic E-state index is 12.3. The number of likely N-dealkylation sites (tertiary alicyclic amines) is 1. The zero-order valence-corrected chi connectivity index (χ0v) is 12.8. The number of hydrogen-bond donors (Lipinski definition) is 2. The Balaban J connectivity index is 1.52. The van der Waals surface area contributed by atoms with Gasteiger partial charge in [-0.3, -0.25) is 0 Å². The average Bonchev–Trinajstić information content (AvgIpc) is 2.89. The highest BCUT2D eigenvalue weighted by Gasteiger charge is 2.40. The molecule has 2 aliphatic heterocycles. The summed E-state index contributed by atoms with van der Waals surface area (Å²) in [7, 11) is 0. The molecule has 0 bridgehead atoms. The maximum absolute atomic E-state index is 12.3. The van der Waals surface area contributed by atoms with E-state index in [9.17, 15) is 4.79 Å². The van der Waals surface area contributed by atoms with Crippen LogP contribution in [0.5, 0.6) is 0 Å². The third-order valence-electron chi connectivity index (χ3n) is 4.81. The third-order valence-corrected chi connectivity index (χ3v) is 4.81. The van der Waals surface area contributed by atoms with E-state index >= 15 is 0 Å². The molecule has 2 N–H and O–H groups in total. The zero-order chi connectivity index (χ0) is 14.7. The van der Waals surface area contributed by atoms with Crippen LogP contribution in [-0.4, -0.2) is 37.1 Å². The van der Waals surface area contributed by atoms with E-state index in [0.29, 0.717) is 12.0 Å². The van der Waals surface area contributed by atoms with Gasteiger partial charge in [0.1, 0.15) is 0 Å². The Morgan fingerprint density at radius 2 is 2.33 bits per heavy atom. The van der Waals surface area contributed by atoms with E-state index in [-0.39, 0.29) is 6.03 Å². The molecule has 4 heteroatoms. The maximum Gasteiger partial charge on any atom is 0.317 e. The van der Waals surface area contributed by atoms with E-state index in [0.717, 1.165) is 38.2 Å². The predicted octanol–water partition coefficient (Wildman–Crippen LogP) is 2.28. The van der Waals surface area contributed by atoms with Crippen molar-refractivity contribution in [1.29, 1.82) is 0 Å². The van der Waals surface area contributed by atoms with Crippen LogP contribution in [0.3, 0.4) is 0 Å². The molecule has 2 heterocycles. The summed E-state index contributed by atoms with van der Waals surface area (Å²) in [5, 5.41) is 6.54. The van der Waals surface area contributed by atoms with Gasteiger partial charge in [-0.15, -0.1) is 0 Å². The molecule has 0 unspecified atom stereocenters. The minimum atomic E-state index is 0.0824. The summed E-state index contributed by atoms with van der Waals surface area (Å²) >= 11 is 0. The smallest absolute Gasteiger partial charge is 0.317 e. The van der Waals surface area contributed by atoms with E-state index in [1.54, 1.807) is 0 Å². The number of aryl methyl sites for hydroxylation is 1. The van der Waals surface area contributed by atoms with Crippen LogP contribution in [0.2, 0.25) is 0 Å². The molecular formula is C17H25N3O. The van der Waals surface area contributed by atoms with Crippen molar-refractivity contribution in [2.24, 2.45) is 5.41 Å². The second-order valence-corrected chi connectivity index (χ2v) is 6.60. The number of rotatable bonds is 2. The van der Waals surface area contributed by atoms with Gasteiger partial charge in [0.15, 0.2) is 0 Å². The second kappa shape index (κ2) is 6.06.